The van der Waals surface area contributed by atoms with Crippen LogP contribution in [0, 0.1) is 122 Å². The van der Waals surface area contributed by atoms with Gasteiger partial charge in [-0.15, -0.1) is 0 Å². The number of allylic oxidation sites excluding steroid dienone is 3. The molecule has 17 aliphatic rings. The van der Waals surface area contributed by atoms with E-state index in [4.69, 9.17) is 23.4 Å². The Bertz CT molecular complexity index is 3370. The standard InChI is InChI=1S/C76H96N2O11/c1-41-51-16-10-14-44(51)17-19-52(41)56-31-49-30-50-35-71(23-7-8-24-71)38-72(50)34-47-33-69(2)65(54-22-26-85-59(54)32-55(58(80)37-79)45-18-20-53-46(29-45)21-25-78-40-77-36-57(53)78)87-68(84)66-76(69,88-66)74(48-15-9-13-43(28-48)27-42-11-5-4-6-12-42)61(47)73-39-86-67(83)63(72)75(49,73)89-70(56,3)62(73)60(81)64(74)82/h4-6,11-12,17,19,21-22,25-26,31,41,43-48,50-53,55-58,61-66,77,79-80,82H,7-10,13-16,18,20,23-24,27-30,32-40H2,1-3H3. The van der Waals surface area contributed by atoms with Crippen LogP contribution in [-0.2, 0) is 46.2 Å². The van der Waals surface area contributed by atoms with E-state index in [0.717, 1.165) is 109 Å². The number of benzene rings is 1. The minimum atomic E-state index is -1.52. The SMILES string of the molecule is CC1C(C2C=C3CC4CC5(CCCC5)CC45CC4CC6(C)C(c7ccoc7CC(C(O)CO)C7CCC8C(C=CN9CNCC89)C7)OC(=O)C7OC76C6(C7CCCC(Cc8ccccc8)C7)C(O)C(=O)C7C2(C)OC32C5C(=O)OCC72C46)C=CC2CCCC21. The molecule has 5 spiro atoms. The van der Waals surface area contributed by atoms with E-state index in [2.05, 4.69) is 91.8 Å². The van der Waals surface area contributed by atoms with E-state index in [-0.39, 0.29) is 77.7 Å². The molecular weight excluding hydrogens is 1120 g/mol. The third-order valence-electron chi connectivity index (χ3n) is 31.3. The van der Waals surface area contributed by atoms with Crippen molar-refractivity contribution >= 4 is 17.7 Å². The van der Waals surface area contributed by atoms with Crippen LogP contribution in [0.4, 0.5) is 0 Å². The average Bonchev–Trinajstić information content (AvgIpc) is 1.44. The van der Waals surface area contributed by atoms with Crippen molar-refractivity contribution in [2.24, 2.45) is 122 Å². The van der Waals surface area contributed by atoms with Crippen molar-refractivity contribution in [1.82, 2.24) is 10.2 Å². The molecule has 1 aromatic carbocycles. The normalized spacial score (nSPS) is 52.5. The van der Waals surface area contributed by atoms with Crippen LogP contribution in [0.15, 0.2) is 83.2 Å². The van der Waals surface area contributed by atoms with Crippen LogP contribution in [0.5, 0.6) is 0 Å². The summed E-state index contributed by atoms with van der Waals surface area (Å²) in [5.41, 5.74) is -4.15. The van der Waals surface area contributed by atoms with Crippen LogP contribution in [0.1, 0.15) is 166 Å². The van der Waals surface area contributed by atoms with E-state index in [1.807, 2.05) is 6.07 Å². The van der Waals surface area contributed by atoms with Crippen molar-refractivity contribution in [3.8, 4) is 0 Å². The second-order valence-corrected chi connectivity index (χ2v) is 34.2. The van der Waals surface area contributed by atoms with Crippen LogP contribution < -0.4 is 5.32 Å². The zero-order valence-corrected chi connectivity index (χ0v) is 52.8. The summed E-state index contributed by atoms with van der Waals surface area (Å²) in [6.45, 7) is 8.52. The predicted octanol–water partition coefficient (Wildman–Crippen LogP) is 10.8. The number of fused-ring (bicyclic) bond motifs is 6. The molecule has 4 N–H and O–H groups in total. The van der Waals surface area contributed by atoms with E-state index >= 15 is 14.4 Å². The van der Waals surface area contributed by atoms with Gasteiger partial charge in [-0.3, -0.25) is 14.9 Å². The third-order valence-corrected chi connectivity index (χ3v) is 31.3. The van der Waals surface area contributed by atoms with Gasteiger partial charge in [0.1, 0.15) is 35.8 Å². The zero-order chi connectivity index (χ0) is 60.1. The van der Waals surface area contributed by atoms with E-state index in [0.29, 0.717) is 54.2 Å². The van der Waals surface area contributed by atoms with Gasteiger partial charge >= 0.3 is 11.9 Å². The molecule has 28 unspecified atom stereocenters. The van der Waals surface area contributed by atoms with E-state index < -0.39 is 86.6 Å². The first-order valence-corrected chi connectivity index (χ1v) is 36.0. The van der Waals surface area contributed by atoms with Crippen molar-refractivity contribution < 1.29 is 53.1 Å². The first kappa shape index (κ1) is 56.4. The molecule has 10 aliphatic carbocycles. The molecule has 476 valence electrons. The summed E-state index contributed by atoms with van der Waals surface area (Å²) in [5.74, 6) is 0.128. The van der Waals surface area contributed by atoms with Crippen LogP contribution in [0.25, 0.3) is 0 Å². The molecule has 19 rings (SSSR count). The second-order valence-electron chi connectivity index (χ2n) is 34.2. The van der Waals surface area contributed by atoms with Gasteiger partial charge in [0.05, 0.1) is 48.5 Å². The Hall–Kier alpha value is -4.11. The van der Waals surface area contributed by atoms with Crippen LogP contribution in [0.3, 0.4) is 0 Å². The lowest BCUT2D eigenvalue weighted by molar-refractivity contribution is -0.300. The average molecular weight is 1210 g/mol. The Labute approximate surface area is 525 Å². The molecule has 0 amide bonds. The summed E-state index contributed by atoms with van der Waals surface area (Å²) >= 11 is 0. The molecule has 0 radical (unpaired) electrons. The quantitative estimate of drug-likeness (QED) is 0.100. The van der Waals surface area contributed by atoms with Crippen LogP contribution in [0.2, 0.25) is 0 Å². The fraction of sp³-hybridized carbons (Fsp3) is 0.750. The van der Waals surface area contributed by atoms with Crippen molar-refractivity contribution in [2.45, 2.75) is 203 Å². The number of nitrogens with one attached hydrogen (secondary N) is 1. The molecule has 13 nitrogen and oxygen atoms in total. The highest BCUT2D eigenvalue weighted by Crippen LogP contribution is 2.91. The number of aliphatic hydroxyl groups excluding tert-OH is 3. The van der Waals surface area contributed by atoms with E-state index in [9.17, 15) is 15.3 Å². The number of ether oxygens (including phenoxy) is 4. The van der Waals surface area contributed by atoms with Crippen molar-refractivity contribution in [2.75, 3.05) is 26.4 Å². The number of furan rings is 1. The Balaban J connectivity index is 0.807. The number of cyclic esters (lactones) is 2. The third kappa shape index (κ3) is 6.84. The zero-order valence-electron chi connectivity index (χ0n) is 52.8. The number of aliphatic hydroxyl groups is 3. The molecule has 7 aliphatic heterocycles. The fourth-order valence-corrected chi connectivity index (χ4v) is 28.8. The number of esters is 2. The fourth-order valence-electron chi connectivity index (χ4n) is 28.8. The molecule has 5 saturated heterocycles. The molecular formula is C76H96N2O11. The summed E-state index contributed by atoms with van der Waals surface area (Å²) in [7, 11) is 0. The minimum Gasteiger partial charge on any atom is -0.469 e. The largest absolute Gasteiger partial charge is 0.469 e. The highest BCUT2D eigenvalue weighted by molar-refractivity contribution is 5.94. The number of carbonyl (C=O) groups excluding carboxylic acids is 3. The number of Topliss-reactive ketones (excluding diaryl/α,β-unsaturated/α-hetero) is 1. The maximum atomic E-state index is 17.7. The maximum Gasteiger partial charge on any atom is 0.339 e. The Morgan fingerprint density at radius 1 is 0.843 bits per heavy atom. The van der Waals surface area contributed by atoms with Gasteiger partial charge in [-0.2, -0.15) is 0 Å². The molecule has 9 saturated carbocycles. The number of ketones is 1. The Morgan fingerprint density at radius 2 is 1.69 bits per heavy atom. The first-order valence-electron chi connectivity index (χ1n) is 36.0. The van der Waals surface area contributed by atoms with E-state index in [1.54, 1.807) is 6.26 Å². The number of epoxide rings is 1. The summed E-state index contributed by atoms with van der Waals surface area (Å²) in [6.07, 6.45) is 29.6. The molecule has 14 fully saturated rings. The number of nitrogens with zero attached hydrogens (tertiary/aromatic N) is 1. The number of hydrogen-bond donors (Lipinski definition) is 4. The van der Waals surface area contributed by atoms with Crippen molar-refractivity contribution in [3.05, 3.63) is 95.6 Å². The number of carbonyl (C=O) groups is 3. The van der Waals surface area contributed by atoms with Gasteiger partial charge in [0.2, 0.25) is 0 Å². The molecule has 1 aromatic heterocycles. The summed E-state index contributed by atoms with van der Waals surface area (Å²) in [6, 6.07) is 13.2. The van der Waals surface area contributed by atoms with Gasteiger partial charge in [-0.05, 0) is 214 Å². The lowest BCUT2D eigenvalue weighted by Gasteiger charge is -2.72. The topological polar surface area (TPSA) is 181 Å². The second kappa shape index (κ2) is 19.1. The van der Waals surface area contributed by atoms with Gasteiger partial charge in [-0.1, -0.05) is 101 Å². The highest BCUT2D eigenvalue weighted by Gasteiger charge is 2.99. The van der Waals surface area contributed by atoms with Crippen LogP contribution in [-0.4, -0.2) is 106 Å². The monoisotopic (exact) mass is 1210 g/mol. The predicted molar refractivity (Wildman–Crippen MR) is 328 cm³/mol. The molecule has 28 atom stereocenters. The van der Waals surface area contributed by atoms with Gasteiger partial charge in [-0.25, -0.2) is 4.79 Å². The smallest absolute Gasteiger partial charge is 0.339 e. The highest BCUT2D eigenvalue weighted by atomic mass is 16.7. The molecule has 2 aromatic rings. The lowest BCUT2D eigenvalue weighted by Crippen LogP contribution is -2.82. The number of rotatable bonds is 10. The lowest BCUT2D eigenvalue weighted by atomic mass is 9.29. The summed E-state index contributed by atoms with van der Waals surface area (Å²) < 4.78 is 37.3. The molecule has 8 heterocycles. The van der Waals surface area contributed by atoms with E-state index in [1.165, 1.54) is 43.2 Å². The van der Waals surface area contributed by atoms with Crippen molar-refractivity contribution in [3.63, 3.8) is 0 Å². The van der Waals surface area contributed by atoms with Crippen molar-refractivity contribution in [1.29, 1.82) is 0 Å². The summed E-state index contributed by atoms with van der Waals surface area (Å²) in [4.78, 5) is 52.1. The minimum absolute atomic E-state index is 0.0426. The summed E-state index contributed by atoms with van der Waals surface area (Å²) in [5, 5.41) is 41.5. The Kier molecular flexibility index (Phi) is 12.1. The molecule has 5 bridgehead atoms. The molecule has 89 heavy (non-hydrogen) atoms. The van der Waals surface area contributed by atoms with Gasteiger partial charge < -0.3 is 43.6 Å². The maximum absolute atomic E-state index is 17.7. The van der Waals surface area contributed by atoms with Gasteiger partial charge in [0.25, 0.3) is 0 Å². The van der Waals surface area contributed by atoms with Crippen LogP contribution >= 0.6 is 0 Å². The molecule has 13 heteroatoms. The van der Waals surface area contributed by atoms with Gasteiger partial charge in [0.15, 0.2) is 11.9 Å². The first-order chi connectivity index (χ1) is 43.1. The number of hydrogen-bond acceptors (Lipinski definition) is 13. The Morgan fingerprint density at radius 3 is 2.53 bits per heavy atom. The van der Waals surface area contributed by atoms with Gasteiger partial charge in [0, 0.05) is 41.3 Å².